The third-order valence-corrected chi connectivity index (χ3v) is 7.06. The molecule has 1 atom stereocenters. The van der Waals surface area contributed by atoms with Crippen molar-refractivity contribution < 1.29 is 19.5 Å². The topological polar surface area (TPSA) is 180 Å². The second-order valence-electron chi connectivity index (χ2n) is 10.7. The van der Waals surface area contributed by atoms with Crippen LogP contribution in [0.1, 0.15) is 32.3 Å². The number of hydrogen-bond donors (Lipinski definition) is 4. The summed E-state index contributed by atoms with van der Waals surface area (Å²) < 4.78 is 1.36. The molecule has 218 valence electrons. The zero-order valence-electron chi connectivity index (χ0n) is 22.7. The average molecular weight is 577 g/mol. The number of piperazine rings is 1. The molecule has 2 aromatic rings. The normalized spacial score (nSPS) is 18.6. The Morgan fingerprint density at radius 2 is 1.73 bits per heavy atom. The number of halogens is 1. The van der Waals surface area contributed by atoms with Gasteiger partial charge in [0.05, 0.1) is 17.8 Å². The molecule has 3 amide bonds. The quantitative estimate of drug-likeness (QED) is 0.379. The maximum Gasteiger partial charge on any atom is 0.354 e. The van der Waals surface area contributed by atoms with E-state index in [1.54, 1.807) is 13.8 Å². The smallest absolute Gasteiger partial charge is 0.354 e. The molecule has 0 aliphatic carbocycles. The van der Waals surface area contributed by atoms with Crippen LogP contribution >= 0.6 is 12.4 Å². The number of rotatable bonds is 6. The van der Waals surface area contributed by atoms with Crippen molar-refractivity contribution in [2.75, 3.05) is 38.0 Å². The van der Waals surface area contributed by atoms with E-state index in [0.717, 1.165) is 42.9 Å². The summed E-state index contributed by atoms with van der Waals surface area (Å²) in [7, 11) is 0. The molecular weight excluding hydrogens is 540 g/mol. The number of carbonyl (C=O) groups is 3. The van der Waals surface area contributed by atoms with Gasteiger partial charge in [0.25, 0.3) is 0 Å². The monoisotopic (exact) mass is 576 g/mol. The number of nitrogens with two attached hydrogens (primary N) is 2. The summed E-state index contributed by atoms with van der Waals surface area (Å²) in [6.07, 6.45) is 3.48. The SMILES string of the molecule is CC(C)(N)C(=O)N1CCN(C(=O)Nc2ccn(-c3ccc(CN4CCC(N)CC4)cc3)c(=O)n2)[C@H](C(=O)O)C1.Cl. The first kappa shape index (κ1) is 31.0. The molecule has 0 bridgehead atoms. The number of aromatic nitrogens is 2. The van der Waals surface area contributed by atoms with Crippen LogP contribution in [0, 0.1) is 0 Å². The zero-order chi connectivity index (χ0) is 28.3. The van der Waals surface area contributed by atoms with Gasteiger partial charge in [-0.2, -0.15) is 4.98 Å². The Labute approximate surface area is 238 Å². The van der Waals surface area contributed by atoms with Crippen molar-refractivity contribution in [2.24, 2.45) is 11.5 Å². The first-order valence-electron chi connectivity index (χ1n) is 13.0. The first-order valence-corrected chi connectivity index (χ1v) is 13.0. The third kappa shape index (κ3) is 7.36. The highest BCUT2D eigenvalue weighted by atomic mass is 35.5. The van der Waals surface area contributed by atoms with Crippen LogP contribution in [0.25, 0.3) is 5.69 Å². The largest absolute Gasteiger partial charge is 0.480 e. The lowest BCUT2D eigenvalue weighted by Gasteiger charge is -2.41. The number of nitrogens with one attached hydrogen (secondary N) is 1. The Hall–Kier alpha value is -3.52. The zero-order valence-corrected chi connectivity index (χ0v) is 23.5. The predicted molar refractivity (Wildman–Crippen MR) is 152 cm³/mol. The molecule has 0 saturated carbocycles. The lowest BCUT2D eigenvalue weighted by Crippen LogP contribution is -2.63. The van der Waals surface area contributed by atoms with Gasteiger partial charge >= 0.3 is 17.7 Å². The summed E-state index contributed by atoms with van der Waals surface area (Å²) in [5.74, 6) is -1.66. The molecule has 4 rings (SSSR count). The highest BCUT2D eigenvalue weighted by Gasteiger charge is 2.39. The van der Waals surface area contributed by atoms with E-state index >= 15 is 0 Å². The molecule has 14 heteroatoms. The molecular formula is C26H37ClN8O5. The highest BCUT2D eigenvalue weighted by molar-refractivity contribution is 5.93. The number of anilines is 1. The Morgan fingerprint density at radius 1 is 1.07 bits per heavy atom. The van der Waals surface area contributed by atoms with Crippen LogP contribution in [-0.2, 0) is 16.1 Å². The van der Waals surface area contributed by atoms with Crippen molar-refractivity contribution in [1.82, 2.24) is 24.3 Å². The van der Waals surface area contributed by atoms with Crippen molar-refractivity contribution in [3.63, 3.8) is 0 Å². The summed E-state index contributed by atoms with van der Waals surface area (Å²) in [6, 6.07) is 7.36. The number of hydrogen-bond acceptors (Lipinski definition) is 8. The molecule has 2 aliphatic heterocycles. The van der Waals surface area contributed by atoms with Crippen LogP contribution in [0.15, 0.2) is 41.3 Å². The van der Waals surface area contributed by atoms with E-state index < -0.39 is 35.2 Å². The molecule has 3 heterocycles. The fraction of sp³-hybridized carbons (Fsp3) is 0.500. The number of amides is 3. The summed E-state index contributed by atoms with van der Waals surface area (Å²) in [5, 5.41) is 12.2. The molecule has 1 aromatic carbocycles. The van der Waals surface area contributed by atoms with Crippen molar-refractivity contribution in [3.8, 4) is 5.69 Å². The first-order chi connectivity index (χ1) is 18.4. The second-order valence-corrected chi connectivity index (χ2v) is 10.7. The molecule has 40 heavy (non-hydrogen) atoms. The van der Waals surface area contributed by atoms with Gasteiger partial charge in [-0.3, -0.25) is 19.6 Å². The van der Waals surface area contributed by atoms with Crippen LogP contribution in [0.2, 0.25) is 0 Å². The van der Waals surface area contributed by atoms with Crippen LogP contribution in [0.3, 0.4) is 0 Å². The van der Waals surface area contributed by atoms with Gasteiger partial charge in [-0.25, -0.2) is 14.4 Å². The van der Waals surface area contributed by atoms with Gasteiger partial charge < -0.3 is 26.4 Å². The minimum atomic E-state index is -1.27. The van der Waals surface area contributed by atoms with Crippen LogP contribution in [-0.4, -0.2) is 97.6 Å². The molecule has 6 N–H and O–H groups in total. The van der Waals surface area contributed by atoms with Crippen molar-refractivity contribution in [1.29, 1.82) is 0 Å². The highest BCUT2D eigenvalue weighted by Crippen LogP contribution is 2.17. The number of urea groups is 1. The average Bonchev–Trinajstić information content (AvgIpc) is 2.89. The minimum absolute atomic E-state index is 0. The Morgan fingerprint density at radius 3 is 2.30 bits per heavy atom. The summed E-state index contributed by atoms with van der Waals surface area (Å²) in [6.45, 7) is 5.74. The fourth-order valence-corrected chi connectivity index (χ4v) is 4.81. The number of carbonyl (C=O) groups excluding carboxylic acids is 2. The predicted octanol–water partition coefficient (Wildman–Crippen LogP) is 0.444. The van der Waals surface area contributed by atoms with E-state index in [0.29, 0.717) is 5.69 Å². The van der Waals surface area contributed by atoms with Gasteiger partial charge in [0.2, 0.25) is 5.91 Å². The Kier molecular flexibility index (Phi) is 9.90. The number of carboxylic acids is 1. The van der Waals surface area contributed by atoms with Crippen LogP contribution < -0.4 is 22.5 Å². The van der Waals surface area contributed by atoms with Crippen LogP contribution in [0.4, 0.5) is 10.6 Å². The second kappa shape index (κ2) is 12.8. The lowest BCUT2D eigenvalue weighted by atomic mass is 10.0. The van der Waals surface area contributed by atoms with Crippen molar-refractivity contribution in [3.05, 3.63) is 52.6 Å². The summed E-state index contributed by atoms with van der Waals surface area (Å²) >= 11 is 0. The molecule has 2 fully saturated rings. The Balaban J connectivity index is 0.00000441. The van der Waals surface area contributed by atoms with E-state index in [1.165, 1.54) is 21.7 Å². The lowest BCUT2D eigenvalue weighted by molar-refractivity contribution is -0.148. The molecule has 0 spiro atoms. The summed E-state index contributed by atoms with van der Waals surface area (Å²) in [4.78, 5) is 58.8. The molecule has 2 saturated heterocycles. The minimum Gasteiger partial charge on any atom is -0.480 e. The standard InChI is InChI=1S/C26H36N8O5.ClH/c1-26(2,28)23(37)32-13-14-34(20(16-32)22(35)36)25(39)30-21-9-12-33(24(38)29-21)19-5-3-17(4-6-19)15-31-10-7-18(27)8-11-31;/h3-6,9,12,18,20H,7-8,10-11,13-16,27-28H2,1-2H3,(H,35,36)(H,29,30,38,39);1H/t20-;/m0./s1. The van der Waals surface area contributed by atoms with E-state index in [2.05, 4.69) is 15.2 Å². The number of benzene rings is 1. The van der Waals surface area contributed by atoms with Gasteiger partial charge in [0.15, 0.2) is 0 Å². The maximum atomic E-state index is 12.9. The Bertz CT molecular complexity index is 1270. The fourth-order valence-electron chi connectivity index (χ4n) is 4.81. The molecule has 0 unspecified atom stereocenters. The van der Waals surface area contributed by atoms with Gasteiger partial charge in [-0.15, -0.1) is 12.4 Å². The summed E-state index contributed by atoms with van der Waals surface area (Å²) in [5.41, 5.74) is 11.8. The van der Waals surface area contributed by atoms with Gasteiger partial charge in [0.1, 0.15) is 11.9 Å². The number of carboxylic acid groups (broad SMARTS) is 1. The van der Waals surface area contributed by atoms with E-state index in [4.69, 9.17) is 11.5 Å². The van der Waals surface area contributed by atoms with Crippen molar-refractivity contribution in [2.45, 2.75) is 50.9 Å². The molecule has 2 aliphatic rings. The van der Waals surface area contributed by atoms with Crippen LogP contribution in [0.5, 0.6) is 0 Å². The number of aliphatic carboxylic acids is 1. The maximum absolute atomic E-state index is 12.9. The van der Waals surface area contributed by atoms with Gasteiger partial charge in [0, 0.05) is 31.9 Å². The molecule has 0 radical (unpaired) electrons. The van der Waals surface area contributed by atoms with Crippen molar-refractivity contribution >= 4 is 36.1 Å². The van der Waals surface area contributed by atoms with Gasteiger partial charge in [-0.05, 0) is 63.5 Å². The number of piperidine rings is 1. The molecule has 1 aromatic heterocycles. The number of likely N-dealkylation sites (tertiary alicyclic amines) is 1. The van der Waals surface area contributed by atoms with E-state index in [9.17, 15) is 24.3 Å². The number of nitrogens with zero attached hydrogens (tertiary/aromatic N) is 5. The van der Waals surface area contributed by atoms with Gasteiger partial charge in [-0.1, -0.05) is 12.1 Å². The third-order valence-electron chi connectivity index (χ3n) is 7.06. The van der Waals surface area contributed by atoms with E-state index in [1.807, 2.05) is 24.3 Å². The molecule has 13 nitrogen and oxygen atoms in total. The van der Waals surface area contributed by atoms with E-state index in [-0.39, 0.29) is 43.9 Å².